The molecule has 1 aromatic carbocycles. The molecule has 2 N–H and O–H groups in total. The first-order valence-electron chi connectivity index (χ1n) is 15.0. The number of β-amino-alcohol motifs (C(OH)–C–C–N with tert-alkyl or cyclic N) is 1. The van der Waals surface area contributed by atoms with Crippen LogP contribution in [-0.2, 0) is 30.6 Å². The van der Waals surface area contributed by atoms with Gasteiger partial charge in [0.25, 0.3) is 0 Å². The Morgan fingerprint density at radius 2 is 1.96 bits per heavy atom. The van der Waals surface area contributed by atoms with Crippen molar-refractivity contribution in [2.45, 2.75) is 56.8 Å². The lowest BCUT2D eigenvalue weighted by Gasteiger charge is -2.35. The van der Waals surface area contributed by atoms with Crippen molar-refractivity contribution in [3.05, 3.63) is 82.4 Å². The predicted molar refractivity (Wildman–Crippen MR) is 161 cm³/mol. The number of nitrogens with zero attached hydrogens (tertiary/aromatic N) is 7. The summed E-state index contributed by atoms with van der Waals surface area (Å²) in [5.41, 5.74) is 2.44. The van der Waals surface area contributed by atoms with Gasteiger partial charge in [-0.2, -0.15) is 18.3 Å². The number of benzene rings is 1. The minimum atomic E-state index is -4.66. The Morgan fingerprint density at radius 3 is 2.68 bits per heavy atom. The van der Waals surface area contributed by atoms with E-state index >= 15 is 0 Å². The summed E-state index contributed by atoms with van der Waals surface area (Å²) in [5, 5.41) is 17.1. The van der Waals surface area contributed by atoms with Crippen LogP contribution in [0.1, 0.15) is 41.7 Å². The smallest absolute Gasteiger partial charge is 0.451 e. The monoisotopic (exact) mass is 672 g/mol. The fourth-order valence-corrected chi connectivity index (χ4v) is 6.01. The molecule has 4 aromatic heterocycles. The zero-order valence-corrected chi connectivity index (χ0v) is 25.5. The molecule has 3 atom stereocenters. The Balaban J connectivity index is 1.05. The first-order chi connectivity index (χ1) is 22.6. The highest BCUT2D eigenvalue weighted by atomic mass is 35.5. The van der Waals surface area contributed by atoms with Crippen LogP contribution in [0.15, 0.2) is 48.7 Å². The number of hydrogen-bond donors (Lipinski definition) is 2. The largest absolute Gasteiger partial charge is 0.473 e. The van der Waals surface area contributed by atoms with Crippen molar-refractivity contribution in [3.63, 3.8) is 0 Å². The zero-order valence-electron chi connectivity index (χ0n) is 24.8. The number of imidazole rings is 1. The van der Waals surface area contributed by atoms with Crippen molar-refractivity contribution in [2.24, 2.45) is 0 Å². The second kappa shape index (κ2) is 12.8. The van der Waals surface area contributed by atoms with E-state index in [-0.39, 0.29) is 30.1 Å². The molecule has 0 spiro atoms. The van der Waals surface area contributed by atoms with Crippen LogP contribution in [0.25, 0.3) is 22.6 Å². The van der Waals surface area contributed by atoms with Gasteiger partial charge in [-0.1, -0.05) is 23.7 Å². The number of pyridine rings is 2. The van der Waals surface area contributed by atoms with Gasteiger partial charge in [-0.05, 0) is 43.7 Å². The van der Waals surface area contributed by atoms with Crippen LogP contribution in [0.5, 0.6) is 5.88 Å². The van der Waals surface area contributed by atoms with Crippen LogP contribution in [0.3, 0.4) is 0 Å². The maximum Gasteiger partial charge on any atom is 0.451 e. The molecule has 2 fully saturated rings. The van der Waals surface area contributed by atoms with E-state index < -0.39 is 23.9 Å². The number of rotatable bonds is 9. The topological polar surface area (TPSA) is 127 Å². The molecular weight excluding hydrogens is 644 g/mol. The van der Waals surface area contributed by atoms with E-state index in [1.807, 2.05) is 15.7 Å². The first-order valence-corrected chi connectivity index (χ1v) is 15.4. The summed E-state index contributed by atoms with van der Waals surface area (Å²) in [4.78, 5) is 19.4. The number of aromatic amines is 1. The normalized spacial score (nSPS) is 20.4. The molecule has 0 unspecified atom stereocenters. The zero-order chi connectivity index (χ0) is 32.7. The average molecular weight is 673 g/mol. The van der Waals surface area contributed by atoms with Gasteiger partial charge >= 0.3 is 6.18 Å². The summed E-state index contributed by atoms with van der Waals surface area (Å²) < 4.78 is 66.8. The van der Waals surface area contributed by atoms with Crippen molar-refractivity contribution >= 4 is 22.6 Å². The van der Waals surface area contributed by atoms with E-state index in [9.17, 15) is 22.7 Å². The Morgan fingerprint density at radius 1 is 1.11 bits per heavy atom. The Kier molecular flexibility index (Phi) is 8.55. The standard InChI is InChI=1S/C31H29ClF4N8O3/c32-18-5-4-17(21(33)10-18)16-47-28-3-1-2-22(39-28)20-6-8-43(14-26(20)45)15-27-38-23-11-24(29-40-30(42-41-29)31(34,35)36)37-12-25(23)44(27)13-19-7-9-46-19/h1-5,10-12,19-20,26,45H,6-9,13-16H2,(H,40,41,42)/t19-,20-,26+/m0/s1. The number of piperidine rings is 1. The van der Waals surface area contributed by atoms with Gasteiger partial charge in [0.1, 0.15) is 23.9 Å². The number of fused-ring (bicyclic) bond motifs is 1. The van der Waals surface area contributed by atoms with Crippen molar-refractivity contribution in [1.29, 1.82) is 0 Å². The molecule has 2 aliphatic rings. The average Bonchev–Trinajstić information content (AvgIpc) is 3.64. The lowest BCUT2D eigenvalue weighted by molar-refractivity contribution is -0.144. The Hall–Kier alpha value is -4.18. The Labute approximate surface area is 270 Å². The molecule has 0 amide bonds. The lowest BCUT2D eigenvalue weighted by atomic mass is 9.90. The van der Waals surface area contributed by atoms with Crippen LogP contribution < -0.4 is 4.74 Å². The molecule has 0 bridgehead atoms. The number of likely N-dealkylation sites (tertiary alicyclic amines) is 1. The number of aromatic nitrogens is 7. The molecule has 16 heteroatoms. The quantitative estimate of drug-likeness (QED) is 0.205. The summed E-state index contributed by atoms with van der Waals surface area (Å²) in [7, 11) is 0. The second-order valence-corrected chi connectivity index (χ2v) is 12.0. The molecule has 47 heavy (non-hydrogen) atoms. The summed E-state index contributed by atoms with van der Waals surface area (Å²) in [6.07, 6.45) is -2.29. The van der Waals surface area contributed by atoms with Gasteiger partial charge in [0.15, 0.2) is 5.82 Å². The van der Waals surface area contributed by atoms with Crippen molar-refractivity contribution in [2.75, 3.05) is 19.7 Å². The van der Waals surface area contributed by atoms with E-state index in [0.717, 1.165) is 6.42 Å². The van der Waals surface area contributed by atoms with Crippen LogP contribution in [-0.4, -0.2) is 76.6 Å². The van der Waals surface area contributed by atoms with Gasteiger partial charge in [-0.15, -0.1) is 0 Å². The van der Waals surface area contributed by atoms with Gasteiger partial charge in [0.05, 0.1) is 48.2 Å². The number of aliphatic hydroxyl groups excluding tert-OH is 1. The predicted octanol–water partition coefficient (Wildman–Crippen LogP) is 5.14. The first kappa shape index (κ1) is 31.4. The number of nitrogens with one attached hydrogen (secondary N) is 1. The van der Waals surface area contributed by atoms with Crippen molar-refractivity contribution in [3.8, 4) is 17.4 Å². The van der Waals surface area contributed by atoms with Crippen LogP contribution in [0.2, 0.25) is 5.02 Å². The SMILES string of the molecule is O[C@@H]1CN(Cc2nc3cc(-c4n[nH]c(C(F)(F)F)n4)ncc3n2C[C@@H]2CCO2)CC[C@H]1c1cccc(OCc2ccc(Cl)cc2F)n1. The minimum Gasteiger partial charge on any atom is -0.473 e. The minimum absolute atomic E-state index is 0.0151. The van der Waals surface area contributed by atoms with Crippen molar-refractivity contribution in [1.82, 2.24) is 39.6 Å². The highest BCUT2D eigenvalue weighted by Crippen LogP contribution is 2.31. The van der Waals surface area contributed by atoms with E-state index in [1.54, 1.807) is 36.5 Å². The van der Waals surface area contributed by atoms with E-state index in [1.165, 1.54) is 6.07 Å². The molecule has 0 aliphatic carbocycles. The van der Waals surface area contributed by atoms with E-state index in [2.05, 4.69) is 25.0 Å². The van der Waals surface area contributed by atoms with Gasteiger partial charge in [0.2, 0.25) is 11.7 Å². The molecule has 7 rings (SSSR count). The van der Waals surface area contributed by atoms with Gasteiger partial charge in [-0.25, -0.2) is 19.3 Å². The number of H-pyrrole nitrogens is 1. The number of alkyl halides is 3. The molecule has 6 heterocycles. The number of halogens is 5. The summed E-state index contributed by atoms with van der Waals surface area (Å²) in [5.74, 6) is -1.04. The number of hydrogen-bond acceptors (Lipinski definition) is 9. The fraction of sp³-hybridized carbons (Fsp3) is 0.387. The highest BCUT2D eigenvalue weighted by Gasteiger charge is 2.36. The fourth-order valence-electron chi connectivity index (χ4n) is 5.85. The van der Waals surface area contributed by atoms with E-state index in [4.69, 9.17) is 26.1 Å². The van der Waals surface area contributed by atoms with Gasteiger partial charge < -0.3 is 19.1 Å². The summed E-state index contributed by atoms with van der Waals surface area (Å²) in [6, 6.07) is 11.3. The Bertz CT molecular complexity index is 1900. The number of aliphatic hydroxyl groups is 1. The van der Waals surface area contributed by atoms with Gasteiger partial charge in [0, 0.05) is 35.7 Å². The highest BCUT2D eigenvalue weighted by molar-refractivity contribution is 6.30. The second-order valence-electron chi connectivity index (χ2n) is 11.6. The molecule has 0 saturated carbocycles. The molecule has 246 valence electrons. The molecular formula is C31H29ClF4N8O3. The van der Waals surface area contributed by atoms with Crippen LogP contribution >= 0.6 is 11.6 Å². The molecule has 2 aliphatic heterocycles. The van der Waals surface area contributed by atoms with Gasteiger partial charge in [-0.3, -0.25) is 15.0 Å². The molecule has 2 saturated heterocycles. The van der Waals surface area contributed by atoms with E-state index in [0.29, 0.717) is 78.2 Å². The van der Waals surface area contributed by atoms with Crippen LogP contribution in [0, 0.1) is 5.82 Å². The van der Waals surface area contributed by atoms with Crippen molar-refractivity contribution < 1.29 is 32.1 Å². The maximum atomic E-state index is 14.2. The third-order valence-corrected chi connectivity index (χ3v) is 8.66. The number of ether oxygens (including phenoxy) is 2. The lowest BCUT2D eigenvalue weighted by Crippen LogP contribution is -2.43. The summed E-state index contributed by atoms with van der Waals surface area (Å²) in [6.45, 7) is 2.63. The van der Waals surface area contributed by atoms with Crippen LogP contribution in [0.4, 0.5) is 17.6 Å². The maximum absolute atomic E-state index is 14.2. The third kappa shape index (κ3) is 6.79. The third-order valence-electron chi connectivity index (χ3n) is 8.42. The molecule has 5 aromatic rings. The molecule has 0 radical (unpaired) electrons. The molecule has 11 nitrogen and oxygen atoms in total. The summed E-state index contributed by atoms with van der Waals surface area (Å²) >= 11 is 5.84.